The van der Waals surface area contributed by atoms with E-state index < -0.39 is 12.3 Å². The molecular weight excluding hydrogens is 288 g/mol. The Morgan fingerprint density at radius 1 is 1.23 bits per heavy atom. The van der Waals surface area contributed by atoms with Crippen LogP contribution in [0.3, 0.4) is 0 Å². The van der Waals surface area contributed by atoms with Crippen molar-refractivity contribution in [1.82, 2.24) is 10.2 Å². The van der Waals surface area contributed by atoms with Gasteiger partial charge in [-0.05, 0) is 31.0 Å². The Morgan fingerprint density at radius 3 is 2.55 bits per heavy atom. The van der Waals surface area contributed by atoms with Crippen molar-refractivity contribution < 1.29 is 13.6 Å². The highest BCUT2D eigenvalue weighted by molar-refractivity contribution is 5.78. The van der Waals surface area contributed by atoms with E-state index in [9.17, 15) is 13.6 Å². The molecule has 0 bridgehead atoms. The first-order valence-corrected chi connectivity index (χ1v) is 7.58. The Balaban J connectivity index is 1.78. The van der Waals surface area contributed by atoms with Crippen LogP contribution in [0.25, 0.3) is 0 Å². The average Bonchev–Trinajstić information content (AvgIpc) is 2.50. The first-order valence-electron chi connectivity index (χ1n) is 7.58. The van der Waals surface area contributed by atoms with Crippen LogP contribution >= 0.6 is 0 Å². The van der Waals surface area contributed by atoms with Gasteiger partial charge in [-0.3, -0.25) is 9.69 Å². The first kappa shape index (κ1) is 16.7. The van der Waals surface area contributed by atoms with Gasteiger partial charge in [-0.2, -0.15) is 8.78 Å². The number of carbonyl (C=O) groups is 1. The number of alkyl halides is 2. The van der Waals surface area contributed by atoms with Gasteiger partial charge in [-0.15, -0.1) is 0 Å². The van der Waals surface area contributed by atoms with E-state index in [0.717, 1.165) is 26.2 Å². The van der Waals surface area contributed by atoms with Crippen molar-refractivity contribution in [3.63, 3.8) is 0 Å². The third-order valence-electron chi connectivity index (χ3n) is 4.21. The SMILES string of the molecule is Cc1cccc(N2CCN(CCNC(=O)C(F)F)CC2)c1C. The molecule has 0 saturated carbocycles. The molecule has 4 nitrogen and oxygen atoms in total. The Morgan fingerprint density at radius 2 is 1.91 bits per heavy atom. The zero-order chi connectivity index (χ0) is 16.1. The summed E-state index contributed by atoms with van der Waals surface area (Å²) in [6.07, 6.45) is -2.93. The van der Waals surface area contributed by atoms with Gasteiger partial charge in [0.25, 0.3) is 5.91 Å². The molecule has 1 amide bonds. The van der Waals surface area contributed by atoms with E-state index in [1.807, 2.05) is 0 Å². The number of nitrogens with zero attached hydrogens (tertiary/aromatic N) is 2. The van der Waals surface area contributed by atoms with Gasteiger partial charge in [-0.25, -0.2) is 0 Å². The number of hydrogen-bond donors (Lipinski definition) is 1. The molecular formula is C16H23F2N3O. The molecule has 1 aliphatic heterocycles. The lowest BCUT2D eigenvalue weighted by atomic mass is 10.1. The molecule has 0 unspecified atom stereocenters. The fourth-order valence-corrected chi connectivity index (χ4v) is 2.70. The summed E-state index contributed by atoms with van der Waals surface area (Å²) in [5, 5.41) is 2.24. The Hall–Kier alpha value is -1.69. The predicted molar refractivity (Wildman–Crippen MR) is 83.6 cm³/mol. The highest BCUT2D eigenvalue weighted by Gasteiger charge is 2.19. The summed E-state index contributed by atoms with van der Waals surface area (Å²) < 4.78 is 24.1. The molecule has 1 heterocycles. The number of nitrogens with one attached hydrogen (secondary N) is 1. The zero-order valence-corrected chi connectivity index (χ0v) is 13.1. The second-order valence-electron chi connectivity index (χ2n) is 5.64. The minimum absolute atomic E-state index is 0.270. The molecule has 0 atom stereocenters. The molecule has 22 heavy (non-hydrogen) atoms. The summed E-state index contributed by atoms with van der Waals surface area (Å²) in [6, 6.07) is 6.32. The number of hydrogen-bond acceptors (Lipinski definition) is 3. The maximum atomic E-state index is 12.1. The van der Waals surface area contributed by atoms with Crippen LogP contribution in [-0.4, -0.2) is 56.5 Å². The zero-order valence-electron chi connectivity index (χ0n) is 13.1. The maximum absolute atomic E-state index is 12.1. The van der Waals surface area contributed by atoms with Gasteiger partial charge >= 0.3 is 6.43 Å². The smallest absolute Gasteiger partial charge is 0.315 e. The molecule has 1 N–H and O–H groups in total. The second-order valence-corrected chi connectivity index (χ2v) is 5.64. The summed E-state index contributed by atoms with van der Waals surface area (Å²) in [5.74, 6) is -1.19. The largest absolute Gasteiger partial charge is 0.369 e. The van der Waals surface area contributed by atoms with Crippen molar-refractivity contribution in [2.24, 2.45) is 0 Å². The molecule has 0 spiro atoms. The summed E-state index contributed by atoms with van der Waals surface area (Å²) in [6.45, 7) is 8.69. The van der Waals surface area contributed by atoms with Gasteiger partial charge in [0.1, 0.15) is 0 Å². The number of benzene rings is 1. The predicted octanol–water partition coefficient (Wildman–Crippen LogP) is 1.81. The molecule has 1 saturated heterocycles. The van der Waals surface area contributed by atoms with Gasteiger partial charge in [0.05, 0.1) is 0 Å². The molecule has 0 aliphatic carbocycles. The molecule has 0 radical (unpaired) electrons. The minimum atomic E-state index is -2.93. The van der Waals surface area contributed by atoms with Crippen molar-refractivity contribution in [2.45, 2.75) is 20.3 Å². The highest BCUT2D eigenvalue weighted by atomic mass is 19.3. The molecule has 1 fully saturated rings. The summed E-state index contributed by atoms with van der Waals surface area (Å²) in [5.41, 5.74) is 3.86. The quantitative estimate of drug-likeness (QED) is 0.901. The van der Waals surface area contributed by atoms with Gasteiger partial charge in [-0.1, -0.05) is 12.1 Å². The average molecular weight is 311 g/mol. The minimum Gasteiger partial charge on any atom is -0.369 e. The number of halogens is 2. The van der Waals surface area contributed by atoms with Crippen LogP contribution in [0, 0.1) is 13.8 Å². The molecule has 1 aromatic rings. The summed E-state index contributed by atoms with van der Waals surface area (Å²) >= 11 is 0. The Bertz CT molecular complexity index is 514. The number of aryl methyl sites for hydroxylation is 1. The molecule has 2 rings (SSSR count). The number of anilines is 1. The van der Waals surface area contributed by atoms with E-state index in [1.54, 1.807) is 0 Å². The third kappa shape index (κ3) is 4.16. The molecule has 122 valence electrons. The number of rotatable bonds is 5. The van der Waals surface area contributed by atoms with Crippen molar-refractivity contribution in [1.29, 1.82) is 0 Å². The number of piperazine rings is 1. The Labute approximate surface area is 130 Å². The highest BCUT2D eigenvalue weighted by Crippen LogP contribution is 2.23. The van der Waals surface area contributed by atoms with E-state index >= 15 is 0 Å². The van der Waals surface area contributed by atoms with Crippen LogP contribution in [0.1, 0.15) is 11.1 Å². The first-order chi connectivity index (χ1) is 10.5. The van der Waals surface area contributed by atoms with Crippen LogP contribution in [0.5, 0.6) is 0 Å². The lowest BCUT2D eigenvalue weighted by Crippen LogP contribution is -2.49. The van der Waals surface area contributed by atoms with Gasteiger partial charge in [0.2, 0.25) is 0 Å². The second kappa shape index (κ2) is 7.54. The maximum Gasteiger partial charge on any atom is 0.315 e. The summed E-state index contributed by atoms with van der Waals surface area (Å²) in [4.78, 5) is 15.3. The number of carbonyl (C=O) groups excluding carboxylic acids is 1. The van der Waals surface area contributed by atoms with Crippen LogP contribution in [0.4, 0.5) is 14.5 Å². The topological polar surface area (TPSA) is 35.6 Å². The fraction of sp³-hybridized carbons (Fsp3) is 0.562. The summed E-state index contributed by atoms with van der Waals surface area (Å²) in [7, 11) is 0. The van der Waals surface area contributed by atoms with E-state index in [0.29, 0.717) is 6.54 Å². The van der Waals surface area contributed by atoms with Crippen LogP contribution in [0.15, 0.2) is 18.2 Å². The fourth-order valence-electron chi connectivity index (χ4n) is 2.70. The third-order valence-corrected chi connectivity index (χ3v) is 4.21. The lowest BCUT2D eigenvalue weighted by molar-refractivity contribution is -0.131. The van der Waals surface area contributed by atoms with E-state index in [2.05, 4.69) is 47.2 Å². The molecule has 6 heteroatoms. The monoisotopic (exact) mass is 311 g/mol. The Kier molecular flexibility index (Phi) is 5.71. The number of amides is 1. The van der Waals surface area contributed by atoms with Crippen molar-refractivity contribution >= 4 is 11.6 Å². The van der Waals surface area contributed by atoms with E-state index in [1.165, 1.54) is 16.8 Å². The standard InChI is InChI=1S/C16H23F2N3O/c1-12-4-3-5-14(13(12)2)21-10-8-20(9-11-21)7-6-19-16(22)15(17)18/h3-5,15H,6-11H2,1-2H3,(H,19,22). The van der Waals surface area contributed by atoms with Crippen molar-refractivity contribution in [2.75, 3.05) is 44.2 Å². The molecule has 1 aliphatic rings. The van der Waals surface area contributed by atoms with Gasteiger partial charge < -0.3 is 10.2 Å². The molecule has 1 aromatic carbocycles. The van der Waals surface area contributed by atoms with Crippen molar-refractivity contribution in [3.05, 3.63) is 29.3 Å². The van der Waals surface area contributed by atoms with Crippen molar-refractivity contribution in [3.8, 4) is 0 Å². The van der Waals surface area contributed by atoms with E-state index in [-0.39, 0.29) is 6.54 Å². The van der Waals surface area contributed by atoms with Crippen LogP contribution in [0.2, 0.25) is 0 Å². The van der Waals surface area contributed by atoms with Crippen LogP contribution in [-0.2, 0) is 4.79 Å². The van der Waals surface area contributed by atoms with Crippen LogP contribution < -0.4 is 10.2 Å². The molecule has 0 aromatic heterocycles. The van der Waals surface area contributed by atoms with E-state index in [4.69, 9.17) is 0 Å². The normalized spacial score (nSPS) is 16.1. The van der Waals surface area contributed by atoms with Gasteiger partial charge in [0, 0.05) is 45.0 Å². The van der Waals surface area contributed by atoms with Gasteiger partial charge in [0.15, 0.2) is 0 Å². The lowest BCUT2D eigenvalue weighted by Gasteiger charge is -2.37.